The van der Waals surface area contributed by atoms with Crippen molar-refractivity contribution >= 4 is 29.4 Å². The van der Waals surface area contributed by atoms with E-state index < -0.39 is 6.72 Å². The minimum absolute atomic E-state index is 0.257. The van der Waals surface area contributed by atoms with Crippen molar-refractivity contribution in [2.45, 2.75) is 6.92 Å². The normalized spacial score (nSPS) is 11.5. The number of para-hydroxylation sites is 1. The average molecular weight is 361 g/mol. The summed E-state index contributed by atoms with van der Waals surface area (Å²) in [5.41, 5.74) is 2.14. The van der Waals surface area contributed by atoms with Gasteiger partial charge in [0.15, 0.2) is 0 Å². The van der Waals surface area contributed by atoms with Crippen LogP contribution in [0, 0.1) is 0 Å². The first-order valence-electron chi connectivity index (χ1n) is 7.34. The fourth-order valence-corrected chi connectivity index (χ4v) is 3.21. The maximum atomic E-state index is 9.58. The maximum absolute atomic E-state index is 9.58. The number of hydrogen-bond acceptors (Lipinski definition) is 4. The Morgan fingerprint density at radius 2 is 1.75 bits per heavy atom. The van der Waals surface area contributed by atoms with Crippen LogP contribution in [0.1, 0.15) is 6.92 Å². The van der Waals surface area contributed by atoms with E-state index in [1.165, 1.54) is 0 Å². The van der Waals surface area contributed by atoms with Gasteiger partial charge >= 0.3 is 6.72 Å². The molecule has 2 N–H and O–H groups in total. The van der Waals surface area contributed by atoms with Crippen LogP contribution in [-0.2, 0) is 11.8 Å². The Morgan fingerprint density at radius 3 is 2.50 bits per heavy atom. The summed E-state index contributed by atoms with van der Waals surface area (Å²) in [4.78, 5) is 23.6. The van der Waals surface area contributed by atoms with Gasteiger partial charge in [0.2, 0.25) is 0 Å². The molecule has 2 aromatic carbocycles. The van der Waals surface area contributed by atoms with Gasteiger partial charge in [0.05, 0.1) is 17.7 Å². The lowest BCUT2D eigenvalue weighted by Crippen LogP contribution is -1.99. The first kappa shape index (κ1) is 16.9. The van der Waals surface area contributed by atoms with Crippen molar-refractivity contribution in [3.63, 3.8) is 0 Å². The minimum Gasteiger partial charge on any atom is -0.493 e. The predicted molar refractivity (Wildman–Crippen MR) is 97.7 cm³/mol. The number of aromatic nitrogens is 1. The molecule has 124 valence electrons. The lowest BCUT2D eigenvalue weighted by Gasteiger charge is -2.18. The zero-order valence-electron chi connectivity index (χ0n) is 12.9. The van der Waals surface area contributed by atoms with E-state index in [1.807, 2.05) is 37.3 Å². The van der Waals surface area contributed by atoms with E-state index in [0.29, 0.717) is 17.9 Å². The Balaban J connectivity index is 2.29. The second-order valence-corrected chi connectivity index (χ2v) is 7.62. The zero-order chi connectivity index (χ0) is 17.2. The first-order chi connectivity index (χ1) is 11.5. The van der Waals surface area contributed by atoms with E-state index >= 15 is 0 Å². The summed E-state index contributed by atoms with van der Waals surface area (Å²) in [6.45, 7) is -1.54. The summed E-state index contributed by atoms with van der Waals surface area (Å²) in [6, 6.07) is 14.7. The monoisotopic (exact) mass is 361 g/mol. The lowest BCUT2D eigenvalue weighted by atomic mass is 10.00. The largest absolute Gasteiger partial charge is 0.493 e. The molecule has 0 saturated carbocycles. The van der Waals surface area contributed by atoms with Crippen LogP contribution in [0.3, 0.4) is 0 Å². The Bertz CT molecular complexity index is 920. The van der Waals surface area contributed by atoms with E-state index in [1.54, 1.807) is 24.4 Å². The molecule has 0 spiro atoms. The molecular formula is C17H16NO4PS. The number of pyridine rings is 1. The van der Waals surface area contributed by atoms with Crippen molar-refractivity contribution in [3.8, 4) is 22.6 Å². The molecule has 0 atom stereocenters. The van der Waals surface area contributed by atoms with Gasteiger partial charge in [-0.2, -0.15) is 0 Å². The fourth-order valence-electron chi connectivity index (χ4n) is 2.56. The third-order valence-corrected chi connectivity index (χ3v) is 4.07. The molecule has 0 bridgehead atoms. The highest BCUT2D eigenvalue weighted by atomic mass is 32.5. The minimum atomic E-state index is -3.88. The number of rotatable bonds is 5. The van der Waals surface area contributed by atoms with Crippen LogP contribution in [0.4, 0.5) is 0 Å². The molecule has 0 amide bonds. The third-order valence-electron chi connectivity index (χ3n) is 3.41. The summed E-state index contributed by atoms with van der Waals surface area (Å²) in [5.74, 6) is 0.823. The summed E-state index contributed by atoms with van der Waals surface area (Å²) in [7, 11) is 0. The van der Waals surface area contributed by atoms with Crippen molar-refractivity contribution in [1.82, 2.24) is 4.98 Å². The third kappa shape index (κ3) is 3.57. The summed E-state index contributed by atoms with van der Waals surface area (Å²) in [6.07, 6.45) is 1.71. The molecule has 0 fully saturated rings. The molecule has 3 aromatic rings. The molecule has 0 unspecified atom stereocenters. The first-order valence-corrected chi connectivity index (χ1v) is 9.97. The predicted octanol–water partition coefficient (Wildman–Crippen LogP) is 3.89. The van der Waals surface area contributed by atoms with E-state index in [2.05, 4.69) is 16.8 Å². The molecule has 24 heavy (non-hydrogen) atoms. The highest BCUT2D eigenvalue weighted by Crippen LogP contribution is 2.47. The van der Waals surface area contributed by atoms with Gasteiger partial charge in [-0.15, -0.1) is 0 Å². The maximum Gasteiger partial charge on any atom is 0.375 e. The van der Waals surface area contributed by atoms with Crippen LogP contribution in [0.15, 0.2) is 54.7 Å². The molecule has 1 heterocycles. The molecule has 0 saturated heterocycles. The summed E-state index contributed by atoms with van der Waals surface area (Å²) >= 11 is 4.62. The molecule has 7 heteroatoms. The van der Waals surface area contributed by atoms with Gasteiger partial charge in [-0.3, -0.25) is 4.98 Å². The average Bonchev–Trinajstić information content (AvgIpc) is 2.54. The Labute approximate surface area is 144 Å². The van der Waals surface area contributed by atoms with E-state index in [0.717, 1.165) is 16.5 Å². The van der Waals surface area contributed by atoms with Gasteiger partial charge in [-0.1, -0.05) is 30.3 Å². The zero-order valence-corrected chi connectivity index (χ0v) is 14.6. The van der Waals surface area contributed by atoms with E-state index in [4.69, 9.17) is 9.26 Å². The highest BCUT2D eigenvalue weighted by molar-refractivity contribution is 8.06. The molecule has 0 aliphatic carbocycles. The summed E-state index contributed by atoms with van der Waals surface area (Å²) in [5, 5.41) is 0.958. The van der Waals surface area contributed by atoms with Crippen LogP contribution < -0.4 is 9.26 Å². The number of nitrogens with zero attached hydrogens (tertiary/aromatic N) is 1. The number of benzene rings is 2. The van der Waals surface area contributed by atoms with Crippen LogP contribution >= 0.6 is 6.72 Å². The van der Waals surface area contributed by atoms with Gasteiger partial charge in [-0.05, 0) is 25.1 Å². The van der Waals surface area contributed by atoms with Gasteiger partial charge in [0, 0.05) is 29.0 Å². The molecule has 3 rings (SSSR count). The second-order valence-electron chi connectivity index (χ2n) is 5.02. The van der Waals surface area contributed by atoms with Crippen molar-refractivity contribution in [2.24, 2.45) is 0 Å². The van der Waals surface area contributed by atoms with Crippen LogP contribution in [0.25, 0.3) is 22.0 Å². The van der Waals surface area contributed by atoms with Gasteiger partial charge in [-0.25, -0.2) is 0 Å². The molecule has 1 aromatic heterocycles. The summed E-state index contributed by atoms with van der Waals surface area (Å²) < 4.78 is 11.0. The van der Waals surface area contributed by atoms with Crippen LogP contribution in [0.5, 0.6) is 11.5 Å². The Kier molecular flexibility index (Phi) is 4.83. The topological polar surface area (TPSA) is 71.8 Å². The molecule has 0 aliphatic rings. The number of hydrogen-bond donors (Lipinski definition) is 2. The van der Waals surface area contributed by atoms with Gasteiger partial charge < -0.3 is 19.0 Å². The lowest BCUT2D eigenvalue weighted by molar-refractivity contribution is 0.338. The van der Waals surface area contributed by atoms with Crippen LogP contribution in [-0.4, -0.2) is 21.4 Å². The second kappa shape index (κ2) is 6.87. The quantitative estimate of drug-likeness (QED) is 0.672. The van der Waals surface area contributed by atoms with Crippen molar-refractivity contribution in [1.29, 1.82) is 0 Å². The molecule has 0 aliphatic heterocycles. The number of ether oxygens (including phenoxy) is 1. The van der Waals surface area contributed by atoms with Gasteiger partial charge in [0.1, 0.15) is 11.5 Å². The van der Waals surface area contributed by atoms with Crippen molar-refractivity contribution in [2.75, 3.05) is 6.61 Å². The van der Waals surface area contributed by atoms with E-state index in [-0.39, 0.29) is 5.75 Å². The molecule has 5 nitrogen and oxygen atoms in total. The van der Waals surface area contributed by atoms with E-state index in [9.17, 15) is 9.79 Å². The van der Waals surface area contributed by atoms with Crippen molar-refractivity contribution in [3.05, 3.63) is 54.7 Å². The Hall–Kier alpha value is -1.98. The standard InChI is InChI=1S/C17H16NO4PS/c1-2-21-14-9-4-10-15(22-23(19,20)24)16(14)13-8-3-6-12-7-5-11-18-17(12)13/h3-11H,2H2,1H3,(H2,19,20,24). The Morgan fingerprint density at radius 1 is 1.04 bits per heavy atom. The SMILES string of the molecule is CCOc1cccc(OP(O)(O)=S)c1-c1cccc2cccnc12. The van der Waals surface area contributed by atoms with Crippen LogP contribution in [0.2, 0.25) is 0 Å². The molecular weight excluding hydrogens is 345 g/mol. The van der Waals surface area contributed by atoms with Crippen molar-refractivity contribution < 1.29 is 19.0 Å². The smallest absolute Gasteiger partial charge is 0.375 e. The fraction of sp³-hybridized carbons (Fsp3) is 0.118. The molecule has 0 radical (unpaired) electrons. The number of fused-ring (bicyclic) bond motifs is 1. The highest BCUT2D eigenvalue weighted by Gasteiger charge is 2.20. The van der Waals surface area contributed by atoms with Gasteiger partial charge in [0.25, 0.3) is 0 Å².